The number of nitrogens with one attached hydrogen (secondary N) is 2. The molecule has 1 aliphatic rings. The first kappa shape index (κ1) is 17.0. The van der Waals surface area contributed by atoms with Crippen molar-refractivity contribution in [3.05, 3.63) is 0 Å². The number of amides is 2. The van der Waals surface area contributed by atoms with Gasteiger partial charge in [0.2, 0.25) is 11.8 Å². The molecule has 0 aromatic carbocycles. The summed E-state index contributed by atoms with van der Waals surface area (Å²) in [5, 5.41) is 5.22. The second kappa shape index (κ2) is 6.83. The van der Waals surface area contributed by atoms with E-state index in [4.69, 9.17) is 12.2 Å². The SMILES string of the molecule is CCCC(C)C1(CC)C(=O)NC(=S)NC1=O.[Na+]. The molecule has 1 aliphatic heterocycles. The monoisotopic (exact) mass is 265 g/mol. The number of thiocarbonyl (C=S) groups is 1. The average molecular weight is 265 g/mol. The Hall–Kier alpha value is 0.0300. The normalized spacial score (nSPS) is 20.1. The van der Waals surface area contributed by atoms with E-state index in [1.165, 1.54) is 0 Å². The van der Waals surface area contributed by atoms with Crippen molar-refractivity contribution in [2.45, 2.75) is 40.0 Å². The van der Waals surface area contributed by atoms with Crippen LogP contribution in [0.15, 0.2) is 0 Å². The van der Waals surface area contributed by atoms with Crippen LogP contribution in [0.4, 0.5) is 0 Å². The zero-order chi connectivity index (χ0) is 12.3. The summed E-state index contributed by atoms with van der Waals surface area (Å²) >= 11 is 4.80. The van der Waals surface area contributed by atoms with Crippen LogP contribution in [-0.4, -0.2) is 16.9 Å². The number of hydrogen-bond donors (Lipinski definition) is 2. The molecule has 0 aromatic heterocycles. The van der Waals surface area contributed by atoms with Gasteiger partial charge >= 0.3 is 29.6 Å². The minimum absolute atomic E-state index is 0. The van der Waals surface area contributed by atoms with Crippen LogP contribution < -0.4 is 40.2 Å². The predicted molar refractivity (Wildman–Crippen MR) is 65.7 cm³/mol. The third kappa shape index (κ3) is 3.08. The van der Waals surface area contributed by atoms with Gasteiger partial charge in [-0.3, -0.25) is 9.59 Å². The number of carbonyl (C=O) groups excluding carboxylic acids is 2. The van der Waals surface area contributed by atoms with Gasteiger partial charge in [-0.1, -0.05) is 27.2 Å². The summed E-state index contributed by atoms with van der Waals surface area (Å²) in [5.41, 5.74) is -0.960. The van der Waals surface area contributed by atoms with Crippen LogP contribution in [0.5, 0.6) is 0 Å². The molecule has 6 heteroatoms. The fourth-order valence-corrected chi connectivity index (χ4v) is 2.55. The molecule has 0 saturated carbocycles. The Bertz CT molecular complexity index is 313. The maximum absolute atomic E-state index is 12.0. The van der Waals surface area contributed by atoms with E-state index in [-0.39, 0.29) is 52.4 Å². The first-order valence-corrected chi connectivity index (χ1v) is 6.06. The molecule has 17 heavy (non-hydrogen) atoms. The van der Waals surface area contributed by atoms with Crippen molar-refractivity contribution in [3.8, 4) is 0 Å². The minimum Gasteiger partial charge on any atom is -0.302 e. The van der Waals surface area contributed by atoms with Gasteiger partial charge < -0.3 is 10.6 Å². The third-order valence-electron chi connectivity index (χ3n) is 3.39. The van der Waals surface area contributed by atoms with Gasteiger partial charge in [0.15, 0.2) is 5.11 Å². The molecule has 4 nitrogen and oxygen atoms in total. The molecule has 1 fully saturated rings. The van der Waals surface area contributed by atoms with E-state index in [1.807, 2.05) is 20.8 Å². The molecule has 0 aliphatic carbocycles. The van der Waals surface area contributed by atoms with Gasteiger partial charge in [0.05, 0.1) is 0 Å². The molecule has 0 aromatic rings. The molecule has 1 heterocycles. The van der Waals surface area contributed by atoms with Crippen LogP contribution >= 0.6 is 12.2 Å². The molecule has 0 bridgehead atoms. The van der Waals surface area contributed by atoms with Gasteiger partial charge in [0.25, 0.3) is 0 Å². The zero-order valence-corrected chi connectivity index (χ0v) is 13.7. The summed E-state index contributed by atoms with van der Waals surface area (Å²) in [4.78, 5) is 24.0. The van der Waals surface area contributed by atoms with Gasteiger partial charge in [-0.2, -0.15) is 0 Å². The molecule has 1 unspecified atom stereocenters. The van der Waals surface area contributed by atoms with E-state index in [1.54, 1.807) is 0 Å². The van der Waals surface area contributed by atoms with Crippen molar-refractivity contribution >= 4 is 29.1 Å². The first-order valence-electron chi connectivity index (χ1n) is 5.65. The summed E-state index contributed by atoms with van der Waals surface area (Å²) in [5.74, 6) is -0.500. The minimum atomic E-state index is -0.960. The number of rotatable bonds is 4. The standard InChI is InChI=1S/C11H18N2O2S.Na/c1-4-6-7(3)11(5-2)8(14)12-10(16)13-9(11)15;/h7H,4-6H2,1-3H3,(H2,12,13,14,15,16);/q;+1. The topological polar surface area (TPSA) is 58.2 Å². The smallest absolute Gasteiger partial charge is 0.302 e. The molecule has 1 saturated heterocycles. The fraction of sp³-hybridized carbons (Fsp3) is 0.727. The first-order chi connectivity index (χ1) is 7.48. The average Bonchev–Trinajstić information content (AvgIpc) is 2.18. The molecule has 90 valence electrons. The Morgan fingerprint density at radius 1 is 1.24 bits per heavy atom. The summed E-state index contributed by atoms with van der Waals surface area (Å²) < 4.78 is 0. The Morgan fingerprint density at radius 2 is 1.71 bits per heavy atom. The van der Waals surface area contributed by atoms with Crippen molar-refractivity contribution < 1.29 is 39.1 Å². The summed E-state index contributed by atoms with van der Waals surface area (Å²) in [6, 6.07) is 0. The second-order valence-corrected chi connectivity index (χ2v) is 4.66. The quantitative estimate of drug-likeness (QED) is 0.364. The van der Waals surface area contributed by atoms with Crippen LogP contribution in [0.25, 0.3) is 0 Å². The van der Waals surface area contributed by atoms with E-state index < -0.39 is 5.41 Å². The molecule has 1 rings (SSSR count). The van der Waals surface area contributed by atoms with Crippen LogP contribution in [0, 0.1) is 11.3 Å². The van der Waals surface area contributed by atoms with E-state index in [0.717, 1.165) is 12.8 Å². The molecule has 1 atom stereocenters. The maximum atomic E-state index is 12.0. The number of hydrogen-bond acceptors (Lipinski definition) is 3. The van der Waals surface area contributed by atoms with Gasteiger partial charge in [0, 0.05) is 0 Å². The van der Waals surface area contributed by atoms with E-state index in [0.29, 0.717) is 6.42 Å². The zero-order valence-electron chi connectivity index (χ0n) is 10.9. The van der Waals surface area contributed by atoms with Gasteiger partial charge in [-0.25, -0.2) is 0 Å². The third-order valence-corrected chi connectivity index (χ3v) is 3.59. The van der Waals surface area contributed by atoms with Gasteiger partial charge in [-0.05, 0) is 31.0 Å². The van der Waals surface area contributed by atoms with Crippen LogP contribution in [0.1, 0.15) is 40.0 Å². The molecule has 2 amide bonds. The molecule has 0 radical (unpaired) electrons. The van der Waals surface area contributed by atoms with Crippen LogP contribution in [0.3, 0.4) is 0 Å². The van der Waals surface area contributed by atoms with E-state index in [9.17, 15) is 9.59 Å². The van der Waals surface area contributed by atoms with E-state index in [2.05, 4.69) is 10.6 Å². The van der Waals surface area contributed by atoms with Crippen molar-refractivity contribution in [1.82, 2.24) is 10.6 Å². The summed E-state index contributed by atoms with van der Waals surface area (Å²) in [6.45, 7) is 5.85. The second-order valence-electron chi connectivity index (χ2n) is 4.25. The maximum Gasteiger partial charge on any atom is 1.00 e. The van der Waals surface area contributed by atoms with E-state index >= 15 is 0 Å². The van der Waals surface area contributed by atoms with Crippen LogP contribution in [-0.2, 0) is 9.59 Å². The van der Waals surface area contributed by atoms with Gasteiger partial charge in [-0.15, -0.1) is 0 Å². The molecular formula is C11H18N2NaO2S+. The van der Waals surface area contributed by atoms with Crippen molar-refractivity contribution in [3.63, 3.8) is 0 Å². The molecule has 2 N–H and O–H groups in total. The van der Waals surface area contributed by atoms with Crippen molar-refractivity contribution in [1.29, 1.82) is 0 Å². The predicted octanol–water partition coefficient (Wildman–Crippen LogP) is -1.65. The Balaban J connectivity index is 0.00000256. The van der Waals surface area contributed by atoms with Crippen molar-refractivity contribution in [2.75, 3.05) is 0 Å². The van der Waals surface area contributed by atoms with Crippen molar-refractivity contribution in [2.24, 2.45) is 11.3 Å². The largest absolute Gasteiger partial charge is 1.00 e. The molecule has 0 spiro atoms. The Morgan fingerprint density at radius 3 is 2.06 bits per heavy atom. The Labute approximate surface area is 130 Å². The number of carbonyl (C=O) groups is 2. The molecular weight excluding hydrogens is 247 g/mol. The Kier molecular flexibility index (Phi) is 6.84. The van der Waals surface area contributed by atoms with Gasteiger partial charge in [0.1, 0.15) is 5.41 Å². The summed E-state index contributed by atoms with van der Waals surface area (Å²) in [6.07, 6.45) is 2.30. The summed E-state index contributed by atoms with van der Waals surface area (Å²) in [7, 11) is 0. The fourth-order valence-electron chi connectivity index (χ4n) is 2.36. The van der Waals surface area contributed by atoms with Crippen LogP contribution in [0.2, 0.25) is 0 Å².